The Hall–Kier alpha value is -1.15. The van der Waals surface area contributed by atoms with E-state index in [9.17, 15) is 13.2 Å². The van der Waals surface area contributed by atoms with Crippen molar-refractivity contribution in [2.24, 2.45) is 0 Å². The van der Waals surface area contributed by atoms with Gasteiger partial charge in [0.25, 0.3) is 10.0 Å². The van der Waals surface area contributed by atoms with Crippen LogP contribution in [0, 0.1) is 0 Å². The average Bonchev–Trinajstić information content (AvgIpc) is 2.70. The van der Waals surface area contributed by atoms with E-state index < -0.39 is 16.1 Å². The molecule has 0 atom stereocenters. The van der Waals surface area contributed by atoms with Crippen molar-refractivity contribution in [2.75, 3.05) is 13.7 Å². The van der Waals surface area contributed by atoms with Crippen LogP contribution in [0.2, 0.25) is 0 Å². The number of thiazole rings is 1. The number of amides is 1. The third-order valence-electron chi connectivity index (χ3n) is 1.55. The Labute approximate surface area is 91.5 Å². The van der Waals surface area contributed by atoms with Crippen molar-refractivity contribution < 1.29 is 17.9 Å². The highest BCUT2D eigenvalue weighted by Crippen LogP contribution is 2.18. The van der Waals surface area contributed by atoms with Gasteiger partial charge in [0.1, 0.15) is 0 Å². The van der Waals surface area contributed by atoms with Crippen LogP contribution in [0.25, 0.3) is 0 Å². The van der Waals surface area contributed by atoms with Gasteiger partial charge < -0.3 is 4.74 Å². The predicted octanol–water partition coefficient (Wildman–Crippen LogP) is 0.920. The van der Waals surface area contributed by atoms with E-state index in [0.29, 0.717) is 4.31 Å². The fourth-order valence-electron chi connectivity index (χ4n) is 0.779. The van der Waals surface area contributed by atoms with Crippen molar-refractivity contribution in [3.05, 3.63) is 11.7 Å². The number of carbonyl (C=O) groups is 1. The first-order valence-electron chi connectivity index (χ1n) is 4.04. The summed E-state index contributed by atoms with van der Waals surface area (Å²) in [4.78, 5) is 14.8. The summed E-state index contributed by atoms with van der Waals surface area (Å²) in [6, 6.07) is 0. The van der Waals surface area contributed by atoms with Gasteiger partial charge in [0, 0.05) is 7.05 Å². The first-order chi connectivity index (χ1) is 7.00. The van der Waals surface area contributed by atoms with Gasteiger partial charge in [-0.05, 0) is 6.92 Å². The van der Waals surface area contributed by atoms with Crippen molar-refractivity contribution >= 4 is 27.5 Å². The summed E-state index contributed by atoms with van der Waals surface area (Å²) in [5.41, 5.74) is 1.38. The lowest BCUT2D eigenvalue weighted by atomic mass is 10.9. The van der Waals surface area contributed by atoms with Crippen LogP contribution < -0.4 is 0 Å². The Kier molecular flexibility index (Phi) is 3.64. The van der Waals surface area contributed by atoms with Gasteiger partial charge in [-0.1, -0.05) is 0 Å². The van der Waals surface area contributed by atoms with E-state index in [2.05, 4.69) is 9.72 Å². The summed E-state index contributed by atoms with van der Waals surface area (Å²) in [6.07, 6.45) is 0.293. The molecular weight excluding hydrogens is 240 g/mol. The van der Waals surface area contributed by atoms with Gasteiger partial charge in [-0.15, -0.1) is 11.3 Å². The van der Waals surface area contributed by atoms with E-state index in [0.717, 1.165) is 18.4 Å². The Bertz CT molecular complexity index is 426. The third kappa shape index (κ3) is 2.45. The average molecular weight is 250 g/mol. The molecule has 0 saturated carbocycles. The number of nitrogens with zero attached hydrogens (tertiary/aromatic N) is 2. The van der Waals surface area contributed by atoms with Crippen LogP contribution in [-0.4, -0.2) is 37.5 Å². The summed E-state index contributed by atoms with van der Waals surface area (Å²) in [5, 5.41) is 0. The zero-order chi connectivity index (χ0) is 11.5. The second-order valence-corrected chi connectivity index (χ2v) is 5.57. The Morgan fingerprint density at radius 3 is 2.80 bits per heavy atom. The van der Waals surface area contributed by atoms with E-state index in [1.807, 2.05) is 0 Å². The van der Waals surface area contributed by atoms with Crippen molar-refractivity contribution in [1.82, 2.24) is 9.29 Å². The topological polar surface area (TPSA) is 76.6 Å². The molecule has 0 unspecified atom stereocenters. The van der Waals surface area contributed by atoms with E-state index >= 15 is 0 Å². The summed E-state index contributed by atoms with van der Waals surface area (Å²) < 4.78 is 28.6. The van der Waals surface area contributed by atoms with E-state index in [4.69, 9.17) is 0 Å². The molecule has 1 heterocycles. The standard InChI is InChI=1S/C7H10N2O4S2/c1-3-13-7(10)9(2)15(11,12)6-4-8-5-14-6/h4-5H,3H2,1-2H3. The molecule has 6 nitrogen and oxygen atoms in total. The number of aromatic nitrogens is 1. The van der Waals surface area contributed by atoms with E-state index in [1.165, 1.54) is 11.7 Å². The number of hydrogen-bond donors (Lipinski definition) is 0. The van der Waals surface area contributed by atoms with Gasteiger partial charge in [-0.2, -0.15) is 8.42 Å². The van der Waals surface area contributed by atoms with Gasteiger partial charge >= 0.3 is 6.09 Å². The van der Waals surface area contributed by atoms with Crippen LogP contribution in [-0.2, 0) is 14.8 Å². The molecule has 0 aliphatic carbocycles. The molecule has 0 aliphatic rings. The molecule has 15 heavy (non-hydrogen) atoms. The molecule has 0 aromatic carbocycles. The number of hydrogen-bond acceptors (Lipinski definition) is 6. The lowest BCUT2D eigenvalue weighted by molar-refractivity contribution is 0.136. The second kappa shape index (κ2) is 4.58. The Morgan fingerprint density at radius 2 is 2.33 bits per heavy atom. The molecule has 84 valence electrons. The molecule has 0 bridgehead atoms. The number of ether oxygens (including phenoxy) is 1. The van der Waals surface area contributed by atoms with E-state index in [-0.39, 0.29) is 10.8 Å². The van der Waals surface area contributed by atoms with Gasteiger partial charge in [-0.25, -0.2) is 9.10 Å². The SMILES string of the molecule is CCOC(=O)N(C)S(=O)(=O)c1cncs1. The minimum absolute atomic E-state index is 0.0121. The highest BCUT2D eigenvalue weighted by atomic mass is 32.2. The van der Waals surface area contributed by atoms with Crippen LogP contribution in [0.3, 0.4) is 0 Å². The molecule has 0 fully saturated rings. The zero-order valence-electron chi connectivity index (χ0n) is 8.21. The molecule has 0 spiro atoms. The quantitative estimate of drug-likeness (QED) is 0.797. The largest absolute Gasteiger partial charge is 0.449 e. The fraction of sp³-hybridized carbons (Fsp3) is 0.429. The summed E-state index contributed by atoms with van der Waals surface area (Å²) >= 11 is 0.945. The normalized spacial score (nSPS) is 11.1. The van der Waals surface area contributed by atoms with Crippen molar-refractivity contribution in [1.29, 1.82) is 0 Å². The predicted molar refractivity (Wildman–Crippen MR) is 54.1 cm³/mol. The maximum atomic E-state index is 11.7. The first kappa shape index (κ1) is 11.9. The second-order valence-electron chi connectivity index (χ2n) is 2.49. The number of carbonyl (C=O) groups excluding carboxylic acids is 1. The monoisotopic (exact) mass is 250 g/mol. The van der Waals surface area contributed by atoms with Crippen LogP contribution in [0.15, 0.2) is 15.9 Å². The van der Waals surface area contributed by atoms with Crippen molar-refractivity contribution in [2.45, 2.75) is 11.1 Å². The molecule has 1 aromatic rings. The Balaban J connectivity index is 2.93. The first-order valence-corrected chi connectivity index (χ1v) is 6.36. The highest BCUT2D eigenvalue weighted by molar-refractivity contribution is 7.91. The maximum Gasteiger partial charge on any atom is 0.423 e. The molecule has 1 amide bonds. The Morgan fingerprint density at radius 1 is 1.67 bits per heavy atom. The highest BCUT2D eigenvalue weighted by Gasteiger charge is 2.27. The molecule has 0 saturated heterocycles. The molecule has 0 radical (unpaired) electrons. The lowest BCUT2D eigenvalue weighted by Crippen LogP contribution is -2.33. The zero-order valence-corrected chi connectivity index (χ0v) is 9.84. The number of sulfonamides is 1. The lowest BCUT2D eigenvalue weighted by Gasteiger charge is -2.14. The fourth-order valence-corrected chi connectivity index (χ4v) is 2.79. The van der Waals surface area contributed by atoms with Gasteiger partial charge in [0.2, 0.25) is 0 Å². The van der Waals surface area contributed by atoms with Crippen LogP contribution in [0.4, 0.5) is 4.79 Å². The van der Waals surface area contributed by atoms with Crippen molar-refractivity contribution in [3.8, 4) is 0 Å². The van der Waals surface area contributed by atoms with Gasteiger partial charge in [-0.3, -0.25) is 4.98 Å². The molecule has 1 rings (SSSR count). The summed E-state index contributed by atoms with van der Waals surface area (Å²) in [7, 11) is -2.66. The molecule has 1 aromatic heterocycles. The summed E-state index contributed by atoms with van der Waals surface area (Å²) in [6.45, 7) is 1.73. The smallest absolute Gasteiger partial charge is 0.423 e. The van der Waals surface area contributed by atoms with Crippen LogP contribution >= 0.6 is 11.3 Å². The minimum atomic E-state index is -3.80. The molecule has 0 aliphatic heterocycles. The van der Waals surface area contributed by atoms with Gasteiger partial charge in [0.05, 0.1) is 18.3 Å². The van der Waals surface area contributed by atoms with E-state index in [1.54, 1.807) is 6.92 Å². The minimum Gasteiger partial charge on any atom is -0.449 e. The maximum absolute atomic E-state index is 11.7. The van der Waals surface area contributed by atoms with Crippen molar-refractivity contribution in [3.63, 3.8) is 0 Å². The van der Waals surface area contributed by atoms with Crippen LogP contribution in [0.1, 0.15) is 6.92 Å². The molecule has 8 heteroatoms. The summed E-state index contributed by atoms with van der Waals surface area (Å²) in [5.74, 6) is 0. The van der Waals surface area contributed by atoms with Crippen LogP contribution in [0.5, 0.6) is 0 Å². The molecular formula is C7H10N2O4S2. The van der Waals surface area contributed by atoms with Gasteiger partial charge in [0.15, 0.2) is 4.21 Å². The molecule has 0 N–H and O–H groups in total. The third-order valence-corrected chi connectivity index (χ3v) is 4.52. The number of rotatable bonds is 3.